The number of nitrogens with zero attached hydrogens (tertiary/aromatic N) is 5. The van der Waals surface area contributed by atoms with E-state index in [2.05, 4.69) is 56.6 Å². The Balaban J connectivity index is 1.32. The van der Waals surface area contributed by atoms with E-state index in [1.807, 2.05) is 28.9 Å². The van der Waals surface area contributed by atoms with Gasteiger partial charge >= 0.3 is 0 Å². The van der Waals surface area contributed by atoms with Crippen LogP contribution in [0.2, 0.25) is 0 Å². The molecule has 1 aliphatic carbocycles. The number of ether oxygens (including phenoxy) is 2. The summed E-state index contributed by atoms with van der Waals surface area (Å²) in [5.41, 5.74) is 2.69. The number of fused-ring (bicyclic) bond motifs is 2. The topological polar surface area (TPSA) is 98.2 Å². The Hall–Kier alpha value is -3.72. The van der Waals surface area contributed by atoms with E-state index >= 15 is 0 Å². The second kappa shape index (κ2) is 11.6. The van der Waals surface area contributed by atoms with Crippen LogP contribution in [0.3, 0.4) is 0 Å². The summed E-state index contributed by atoms with van der Waals surface area (Å²) < 4.78 is 13.5. The van der Waals surface area contributed by atoms with Gasteiger partial charge in [-0.05, 0) is 53.8 Å². The van der Waals surface area contributed by atoms with Gasteiger partial charge < -0.3 is 14.5 Å². The highest BCUT2D eigenvalue weighted by Gasteiger charge is 2.32. The van der Waals surface area contributed by atoms with E-state index in [-0.39, 0.29) is 11.6 Å². The molecule has 1 fully saturated rings. The molecule has 2 aliphatic rings. The molecule has 1 N–H and O–H groups in total. The highest BCUT2D eigenvalue weighted by molar-refractivity contribution is 5.83. The zero-order valence-corrected chi connectivity index (χ0v) is 22.5. The number of rotatable bonds is 9. The van der Waals surface area contributed by atoms with Crippen molar-refractivity contribution in [2.75, 3.05) is 13.2 Å². The quantitative estimate of drug-likeness (QED) is 0.333. The SMILES string of the molecule is CCC(c1nnnn1CCc1ccccc1)N(Cc1cc2cc3c(cc2[nH]c1=O)OCCO3)C1CCCCC1. The molecule has 1 unspecified atom stereocenters. The largest absolute Gasteiger partial charge is 0.486 e. The second-order valence-electron chi connectivity index (χ2n) is 10.6. The van der Waals surface area contributed by atoms with Gasteiger partial charge in [0.25, 0.3) is 5.56 Å². The molecule has 39 heavy (non-hydrogen) atoms. The van der Waals surface area contributed by atoms with Gasteiger partial charge in [0.1, 0.15) is 13.2 Å². The lowest BCUT2D eigenvalue weighted by Crippen LogP contribution is -2.41. The second-order valence-corrected chi connectivity index (χ2v) is 10.6. The number of hydrogen-bond acceptors (Lipinski definition) is 7. The van der Waals surface area contributed by atoms with Gasteiger partial charge in [0, 0.05) is 36.1 Å². The molecule has 3 heterocycles. The lowest BCUT2D eigenvalue weighted by Gasteiger charge is -2.39. The highest BCUT2D eigenvalue weighted by Crippen LogP contribution is 2.35. The summed E-state index contributed by atoms with van der Waals surface area (Å²) in [6.07, 6.45) is 7.62. The molecule has 0 amide bonds. The summed E-state index contributed by atoms with van der Waals surface area (Å²) in [6.45, 7) is 4.48. The van der Waals surface area contributed by atoms with Crippen LogP contribution in [0.5, 0.6) is 11.5 Å². The third-order valence-electron chi connectivity index (χ3n) is 8.08. The Morgan fingerprint density at radius 3 is 2.59 bits per heavy atom. The molecule has 1 atom stereocenters. The molecule has 0 radical (unpaired) electrons. The summed E-state index contributed by atoms with van der Waals surface area (Å²) in [4.78, 5) is 18.9. The standard InChI is InChI=1S/C30H36N6O3/c1-2-26(29-32-33-34-36(29)14-13-21-9-5-3-6-10-21)35(24-11-7-4-8-12-24)20-23-17-22-18-27-28(39-16-15-38-27)19-25(22)31-30(23)37/h3,5-6,9-10,17-19,24,26H,2,4,7-8,11-16,20H2,1H3,(H,31,37). The maximum absolute atomic E-state index is 13.3. The Kier molecular flexibility index (Phi) is 7.58. The maximum Gasteiger partial charge on any atom is 0.252 e. The predicted octanol–water partition coefficient (Wildman–Crippen LogP) is 4.81. The zero-order chi connectivity index (χ0) is 26.6. The first-order valence-corrected chi connectivity index (χ1v) is 14.2. The van der Waals surface area contributed by atoms with E-state index in [1.165, 1.54) is 24.8 Å². The number of nitrogens with one attached hydrogen (secondary N) is 1. The van der Waals surface area contributed by atoms with Crippen molar-refractivity contribution in [2.24, 2.45) is 0 Å². The Labute approximate surface area is 228 Å². The van der Waals surface area contributed by atoms with Gasteiger partial charge in [0.2, 0.25) is 0 Å². The molecule has 1 saturated carbocycles. The summed E-state index contributed by atoms with van der Waals surface area (Å²) in [5, 5.41) is 13.9. The van der Waals surface area contributed by atoms with Crippen LogP contribution in [0.1, 0.15) is 68.4 Å². The van der Waals surface area contributed by atoms with E-state index in [0.29, 0.717) is 38.1 Å². The fourth-order valence-electron chi connectivity index (χ4n) is 6.06. The van der Waals surface area contributed by atoms with Crippen molar-refractivity contribution >= 4 is 10.9 Å². The average Bonchev–Trinajstić information content (AvgIpc) is 3.44. The molecule has 2 aromatic heterocycles. The lowest BCUT2D eigenvalue weighted by atomic mass is 9.92. The monoisotopic (exact) mass is 528 g/mol. The third kappa shape index (κ3) is 5.54. The number of aromatic amines is 1. The van der Waals surface area contributed by atoms with Crippen LogP contribution < -0.4 is 15.0 Å². The van der Waals surface area contributed by atoms with Crippen molar-refractivity contribution in [1.29, 1.82) is 0 Å². The van der Waals surface area contributed by atoms with Crippen molar-refractivity contribution < 1.29 is 9.47 Å². The van der Waals surface area contributed by atoms with E-state index < -0.39 is 0 Å². The minimum atomic E-state index is -0.0708. The number of H-pyrrole nitrogens is 1. The van der Waals surface area contributed by atoms with Crippen molar-refractivity contribution in [1.82, 2.24) is 30.1 Å². The molecular formula is C30H36N6O3. The maximum atomic E-state index is 13.3. The summed E-state index contributed by atoms with van der Waals surface area (Å²) in [5.74, 6) is 2.27. The van der Waals surface area contributed by atoms with Gasteiger partial charge in [-0.25, -0.2) is 4.68 Å². The minimum Gasteiger partial charge on any atom is -0.486 e. The number of pyridine rings is 1. The molecular weight excluding hydrogens is 492 g/mol. The first kappa shape index (κ1) is 25.6. The van der Waals surface area contributed by atoms with Gasteiger partial charge in [-0.15, -0.1) is 5.10 Å². The van der Waals surface area contributed by atoms with Crippen LogP contribution >= 0.6 is 0 Å². The van der Waals surface area contributed by atoms with Crippen molar-refractivity contribution in [3.63, 3.8) is 0 Å². The van der Waals surface area contributed by atoms with Crippen LogP contribution in [0, 0.1) is 0 Å². The fraction of sp³-hybridized carbons (Fsp3) is 0.467. The molecule has 0 bridgehead atoms. The van der Waals surface area contributed by atoms with E-state index in [1.54, 1.807) is 0 Å². The molecule has 2 aromatic carbocycles. The van der Waals surface area contributed by atoms with Crippen LogP contribution in [0.4, 0.5) is 0 Å². The van der Waals surface area contributed by atoms with E-state index in [9.17, 15) is 4.79 Å². The molecule has 6 rings (SSSR count). The van der Waals surface area contributed by atoms with E-state index in [4.69, 9.17) is 9.47 Å². The molecule has 9 nitrogen and oxygen atoms in total. The van der Waals surface area contributed by atoms with Gasteiger partial charge in [-0.3, -0.25) is 9.69 Å². The van der Waals surface area contributed by atoms with Crippen LogP contribution in [0.15, 0.2) is 53.3 Å². The van der Waals surface area contributed by atoms with E-state index in [0.717, 1.165) is 53.7 Å². The molecule has 1 aliphatic heterocycles. The minimum absolute atomic E-state index is 0.00855. The first-order chi connectivity index (χ1) is 19.2. The smallest absolute Gasteiger partial charge is 0.252 e. The molecule has 204 valence electrons. The molecule has 0 spiro atoms. The number of hydrogen-bond donors (Lipinski definition) is 1. The van der Waals surface area contributed by atoms with Crippen LogP contribution in [-0.2, 0) is 19.5 Å². The van der Waals surface area contributed by atoms with Gasteiger partial charge in [-0.2, -0.15) is 0 Å². The predicted molar refractivity (Wildman–Crippen MR) is 149 cm³/mol. The number of tetrazole rings is 1. The summed E-state index contributed by atoms with van der Waals surface area (Å²) in [6, 6.07) is 16.6. The Morgan fingerprint density at radius 2 is 1.82 bits per heavy atom. The van der Waals surface area contributed by atoms with Crippen molar-refractivity contribution in [2.45, 2.75) is 77.0 Å². The summed E-state index contributed by atoms with van der Waals surface area (Å²) in [7, 11) is 0. The number of aromatic nitrogens is 5. The first-order valence-electron chi connectivity index (χ1n) is 14.2. The molecule has 0 saturated heterocycles. The normalized spacial score (nSPS) is 16.6. The number of aryl methyl sites for hydroxylation is 2. The van der Waals surface area contributed by atoms with Crippen LogP contribution in [0.25, 0.3) is 10.9 Å². The van der Waals surface area contributed by atoms with Gasteiger partial charge in [-0.1, -0.05) is 56.5 Å². The molecule has 9 heteroatoms. The average molecular weight is 529 g/mol. The number of benzene rings is 2. The zero-order valence-electron chi connectivity index (χ0n) is 22.5. The van der Waals surface area contributed by atoms with Crippen molar-refractivity contribution in [3.8, 4) is 11.5 Å². The third-order valence-corrected chi connectivity index (χ3v) is 8.08. The molecule has 4 aromatic rings. The van der Waals surface area contributed by atoms with Crippen LogP contribution in [-0.4, -0.2) is 49.3 Å². The Bertz CT molecular complexity index is 1460. The lowest BCUT2D eigenvalue weighted by molar-refractivity contribution is 0.0841. The van der Waals surface area contributed by atoms with Gasteiger partial charge in [0.05, 0.1) is 11.6 Å². The highest BCUT2D eigenvalue weighted by atomic mass is 16.6. The fourth-order valence-corrected chi connectivity index (χ4v) is 6.06. The van der Waals surface area contributed by atoms with Gasteiger partial charge in [0.15, 0.2) is 17.3 Å². The summed E-state index contributed by atoms with van der Waals surface area (Å²) >= 11 is 0. The Morgan fingerprint density at radius 1 is 1.05 bits per heavy atom. The van der Waals surface area contributed by atoms with Crippen molar-refractivity contribution in [3.05, 3.63) is 75.8 Å².